The Balaban J connectivity index is 2.88. The van der Waals surface area contributed by atoms with Crippen molar-refractivity contribution in [3.63, 3.8) is 0 Å². The minimum Gasteiger partial charge on any atom is -0.508 e. The molecule has 7 nitrogen and oxygen atoms in total. The van der Waals surface area contributed by atoms with E-state index in [1.54, 1.807) is 12.1 Å². The second-order valence-electron chi connectivity index (χ2n) is 3.64. The third-order valence-corrected chi connectivity index (χ3v) is 2.27. The van der Waals surface area contributed by atoms with Gasteiger partial charge in [-0.1, -0.05) is 18.2 Å². The molecule has 0 heterocycles. The maximum Gasteiger partial charge on any atom is 0.348 e. The third-order valence-electron chi connectivity index (χ3n) is 2.27. The Labute approximate surface area is 103 Å². The van der Waals surface area contributed by atoms with E-state index in [0.29, 0.717) is 5.56 Å². The van der Waals surface area contributed by atoms with Crippen LogP contribution in [0.3, 0.4) is 0 Å². The van der Waals surface area contributed by atoms with Crippen molar-refractivity contribution in [1.82, 2.24) is 4.90 Å². The molecule has 0 aliphatic carbocycles. The quantitative estimate of drug-likeness (QED) is 0.514. The summed E-state index contributed by atoms with van der Waals surface area (Å²) in [6, 6.07) is 6.09. The van der Waals surface area contributed by atoms with E-state index in [0.717, 1.165) is 4.90 Å². The number of phenols is 1. The van der Waals surface area contributed by atoms with Gasteiger partial charge in [-0.2, -0.15) is 0 Å². The lowest BCUT2D eigenvalue weighted by Gasteiger charge is -2.23. The monoisotopic (exact) mass is 255 g/mol. The Kier molecular flexibility index (Phi) is 4.64. The van der Waals surface area contributed by atoms with Crippen molar-refractivity contribution in [1.29, 1.82) is 0 Å². The molecule has 1 rings (SSSR count). The lowest BCUT2D eigenvalue weighted by Crippen LogP contribution is -2.43. The maximum absolute atomic E-state index is 10.7. The molecular formula is C11H13NO6. The van der Waals surface area contributed by atoms with Crippen LogP contribution in [0.4, 0.5) is 0 Å². The predicted molar refractivity (Wildman–Crippen MR) is 59.8 cm³/mol. The van der Waals surface area contributed by atoms with Crippen LogP contribution in [0.2, 0.25) is 0 Å². The molecule has 18 heavy (non-hydrogen) atoms. The Morgan fingerprint density at radius 2 is 1.83 bits per heavy atom. The van der Waals surface area contributed by atoms with E-state index >= 15 is 0 Å². The van der Waals surface area contributed by atoms with E-state index in [9.17, 15) is 19.8 Å². The first-order valence-corrected chi connectivity index (χ1v) is 5.05. The number of rotatable bonds is 6. The number of aliphatic hydroxyl groups excluding tert-OH is 1. The second-order valence-corrected chi connectivity index (χ2v) is 3.64. The standard InChI is InChI=1S/C11H13NO6/c13-8-4-2-1-3-7(8)5-12(6-9(14)15)10(16)11(17)18/h1-4,10,13,16H,5-6H2,(H,14,15)(H,17,18). The number of benzene rings is 1. The highest BCUT2D eigenvalue weighted by Gasteiger charge is 2.25. The van der Waals surface area contributed by atoms with Gasteiger partial charge >= 0.3 is 11.9 Å². The summed E-state index contributed by atoms with van der Waals surface area (Å²) in [4.78, 5) is 22.1. The van der Waals surface area contributed by atoms with E-state index in [1.807, 2.05) is 0 Å². The highest BCUT2D eigenvalue weighted by molar-refractivity contribution is 5.74. The lowest BCUT2D eigenvalue weighted by atomic mass is 10.2. The Hall–Kier alpha value is -2.12. The fraction of sp³-hybridized carbons (Fsp3) is 0.273. The van der Waals surface area contributed by atoms with Crippen LogP contribution in [-0.2, 0) is 16.1 Å². The largest absolute Gasteiger partial charge is 0.508 e. The molecule has 0 fully saturated rings. The zero-order valence-corrected chi connectivity index (χ0v) is 9.35. The molecule has 0 aliphatic heterocycles. The molecule has 1 atom stereocenters. The normalized spacial score (nSPS) is 12.3. The van der Waals surface area contributed by atoms with E-state index < -0.39 is 24.7 Å². The van der Waals surface area contributed by atoms with Crippen molar-refractivity contribution in [2.45, 2.75) is 12.8 Å². The van der Waals surface area contributed by atoms with Crippen molar-refractivity contribution in [3.8, 4) is 5.75 Å². The zero-order valence-electron chi connectivity index (χ0n) is 9.35. The molecule has 0 spiro atoms. The summed E-state index contributed by atoms with van der Waals surface area (Å²) in [7, 11) is 0. The lowest BCUT2D eigenvalue weighted by molar-refractivity contribution is -0.161. The summed E-state index contributed by atoms with van der Waals surface area (Å²) in [5.41, 5.74) is 0.332. The molecule has 0 aromatic heterocycles. The first-order valence-electron chi connectivity index (χ1n) is 5.05. The number of carboxylic acids is 2. The van der Waals surface area contributed by atoms with Crippen molar-refractivity contribution >= 4 is 11.9 Å². The molecule has 98 valence electrons. The van der Waals surface area contributed by atoms with Crippen LogP contribution in [0.25, 0.3) is 0 Å². The van der Waals surface area contributed by atoms with Crippen LogP contribution in [0.1, 0.15) is 5.56 Å². The average Bonchev–Trinajstić information content (AvgIpc) is 2.29. The van der Waals surface area contributed by atoms with Crippen LogP contribution >= 0.6 is 0 Å². The number of hydrogen-bond donors (Lipinski definition) is 4. The molecule has 0 bridgehead atoms. The third kappa shape index (κ3) is 3.72. The smallest absolute Gasteiger partial charge is 0.348 e. The number of para-hydroxylation sites is 1. The topological polar surface area (TPSA) is 118 Å². The second kappa shape index (κ2) is 5.99. The molecular weight excluding hydrogens is 242 g/mol. The fourth-order valence-electron chi connectivity index (χ4n) is 1.42. The minimum absolute atomic E-state index is 0.0922. The van der Waals surface area contributed by atoms with Gasteiger partial charge in [0.1, 0.15) is 5.75 Å². The maximum atomic E-state index is 10.7. The van der Waals surface area contributed by atoms with Crippen molar-refractivity contribution in [3.05, 3.63) is 29.8 Å². The van der Waals surface area contributed by atoms with Crippen LogP contribution < -0.4 is 0 Å². The van der Waals surface area contributed by atoms with Gasteiger partial charge in [-0.3, -0.25) is 9.69 Å². The van der Waals surface area contributed by atoms with Gasteiger partial charge < -0.3 is 20.4 Å². The molecule has 0 aliphatic rings. The molecule has 4 N–H and O–H groups in total. The van der Waals surface area contributed by atoms with Crippen molar-refractivity contribution in [2.24, 2.45) is 0 Å². The SMILES string of the molecule is O=C(O)CN(Cc1ccccc1O)C(O)C(=O)O. The summed E-state index contributed by atoms with van der Waals surface area (Å²) in [6.45, 7) is -0.839. The van der Waals surface area contributed by atoms with E-state index in [4.69, 9.17) is 10.2 Å². The van der Waals surface area contributed by atoms with Crippen LogP contribution in [-0.4, -0.2) is 50.0 Å². The van der Waals surface area contributed by atoms with Crippen LogP contribution in [0, 0.1) is 0 Å². The highest BCUT2D eigenvalue weighted by Crippen LogP contribution is 2.18. The molecule has 0 saturated heterocycles. The van der Waals surface area contributed by atoms with E-state index in [2.05, 4.69) is 0 Å². The molecule has 1 unspecified atom stereocenters. The summed E-state index contributed by atoms with van der Waals surface area (Å²) in [5.74, 6) is -2.91. The molecule has 1 aromatic carbocycles. The molecule has 0 amide bonds. The molecule has 7 heteroatoms. The van der Waals surface area contributed by atoms with Gasteiger partial charge in [0.15, 0.2) is 0 Å². The highest BCUT2D eigenvalue weighted by atomic mass is 16.4. The minimum atomic E-state index is -1.94. The van der Waals surface area contributed by atoms with Crippen LogP contribution in [0.15, 0.2) is 24.3 Å². The molecule has 0 radical (unpaired) electrons. The van der Waals surface area contributed by atoms with Crippen molar-refractivity contribution < 1.29 is 30.0 Å². The molecule has 0 saturated carbocycles. The van der Waals surface area contributed by atoms with Gasteiger partial charge in [0.05, 0.1) is 6.54 Å². The Morgan fingerprint density at radius 1 is 1.22 bits per heavy atom. The van der Waals surface area contributed by atoms with E-state index in [1.165, 1.54) is 12.1 Å². The van der Waals surface area contributed by atoms with E-state index in [-0.39, 0.29) is 12.3 Å². The zero-order chi connectivity index (χ0) is 13.7. The van der Waals surface area contributed by atoms with Gasteiger partial charge in [-0.25, -0.2) is 4.79 Å². The average molecular weight is 255 g/mol. The predicted octanol–water partition coefficient (Wildman–Crippen LogP) is -0.318. The van der Waals surface area contributed by atoms with Gasteiger partial charge in [0, 0.05) is 12.1 Å². The Bertz CT molecular complexity index is 447. The number of phenolic OH excluding ortho intramolecular Hbond substituents is 1. The van der Waals surface area contributed by atoms with Gasteiger partial charge in [0.25, 0.3) is 0 Å². The fourth-order valence-corrected chi connectivity index (χ4v) is 1.42. The summed E-state index contributed by atoms with van der Waals surface area (Å²) >= 11 is 0. The van der Waals surface area contributed by atoms with Gasteiger partial charge in [-0.05, 0) is 6.07 Å². The number of aromatic hydroxyl groups is 1. The molecule has 1 aromatic rings. The van der Waals surface area contributed by atoms with Gasteiger partial charge in [0.2, 0.25) is 6.23 Å². The number of aliphatic carboxylic acids is 2. The van der Waals surface area contributed by atoms with Gasteiger partial charge in [-0.15, -0.1) is 0 Å². The first-order chi connectivity index (χ1) is 8.41. The Morgan fingerprint density at radius 3 is 2.33 bits per heavy atom. The van der Waals surface area contributed by atoms with Crippen molar-refractivity contribution in [2.75, 3.05) is 6.54 Å². The number of hydrogen-bond acceptors (Lipinski definition) is 5. The van der Waals surface area contributed by atoms with Crippen LogP contribution in [0.5, 0.6) is 5.75 Å². The summed E-state index contributed by atoms with van der Waals surface area (Å²) < 4.78 is 0. The summed E-state index contributed by atoms with van der Waals surface area (Å²) in [5, 5.41) is 36.2. The number of aliphatic hydroxyl groups is 1. The summed E-state index contributed by atoms with van der Waals surface area (Å²) in [6.07, 6.45) is -1.94. The number of nitrogens with zero attached hydrogens (tertiary/aromatic N) is 1. The number of carbonyl (C=O) groups is 2. The first kappa shape index (κ1) is 13.9. The number of carboxylic acid groups (broad SMARTS) is 2.